The zero-order valence-electron chi connectivity index (χ0n) is 8.53. The van der Waals surface area contributed by atoms with Gasteiger partial charge in [0.1, 0.15) is 5.83 Å². The zero-order chi connectivity index (χ0) is 9.52. The first-order valence-corrected chi connectivity index (χ1v) is 4.46. The Morgan fingerprint density at radius 1 is 1.33 bits per heavy atom. The molecule has 1 aliphatic rings. The lowest BCUT2D eigenvalue weighted by molar-refractivity contribution is 0.387. The van der Waals surface area contributed by atoms with Crippen LogP contribution in [0.15, 0.2) is 23.0 Å². The van der Waals surface area contributed by atoms with Crippen molar-refractivity contribution in [2.75, 3.05) is 0 Å². The Morgan fingerprint density at radius 2 is 1.83 bits per heavy atom. The minimum absolute atomic E-state index is 0.0335. The summed E-state index contributed by atoms with van der Waals surface area (Å²) in [5.74, 6) is 0.467. The fourth-order valence-electron chi connectivity index (χ4n) is 1.99. The first-order valence-electron chi connectivity index (χ1n) is 4.46. The van der Waals surface area contributed by atoms with Crippen LogP contribution in [-0.4, -0.2) is 0 Å². The van der Waals surface area contributed by atoms with Gasteiger partial charge in [-0.2, -0.15) is 0 Å². The molecule has 0 atom stereocenters. The highest BCUT2D eigenvalue weighted by Crippen LogP contribution is 2.46. The monoisotopic (exact) mass is 168 g/mol. The Bertz CT molecular complexity index is 254. The van der Waals surface area contributed by atoms with E-state index in [1.807, 2.05) is 26.8 Å². The molecule has 0 heterocycles. The topological polar surface area (TPSA) is 0 Å². The summed E-state index contributed by atoms with van der Waals surface area (Å²) < 4.78 is 13.5. The average molecular weight is 168 g/mol. The molecule has 0 saturated carbocycles. The van der Waals surface area contributed by atoms with Gasteiger partial charge >= 0.3 is 0 Å². The van der Waals surface area contributed by atoms with E-state index in [4.69, 9.17) is 0 Å². The first kappa shape index (κ1) is 9.50. The lowest BCUT2D eigenvalue weighted by atomic mass is 9.80. The van der Waals surface area contributed by atoms with Gasteiger partial charge in [-0.05, 0) is 32.3 Å². The summed E-state index contributed by atoms with van der Waals surface area (Å²) in [6, 6.07) is 0. The summed E-state index contributed by atoms with van der Waals surface area (Å²) in [6.45, 7) is 9.96. The number of hydrogen-bond donors (Lipinski definition) is 0. The fraction of sp³-hybridized carbons (Fsp3) is 0.636. The Morgan fingerprint density at radius 3 is 2.00 bits per heavy atom. The van der Waals surface area contributed by atoms with Crippen LogP contribution in [0.25, 0.3) is 0 Å². The van der Waals surface area contributed by atoms with Gasteiger partial charge in [0.15, 0.2) is 0 Å². The van der Waals surface area contributed by atoms with E-state index in [0.29, 0.717) is 5.92 Å². The van der Waals surface area contributed by atoms with Gasteiger partial charge in [0.25, 0.3) is 0 Å². The Hall–Kier alpha value is -0.590. The molecule has 0 unspecified atom stereocenters. The number of halogens is 1. The normalized spacial score (nSPS) is 22.1. The van der Waals surface area contributed by atoms with E-state index in [0.717, 1.165) is 5.57 Å². The summed E-state index contributed by atoms with van der Waals surface area (Å²) in [7, 11) is 0. The van der Waals surface area contributed by atoms with E-state index in [9.17, 15) is 4.39 Å². The van der Waals surface area contributed by atoms with Gasteiger partial charge in [-0.3, -0.25) is 0 Å². The quantitative estimate of drug-likeness (QED) is 0.558. The van der Waals surface area contributed by atoms with Crippen molar-refractivity contribution >= 4 is 0 Å². The number of allylic oxidation sites excluding steroid dienone is 4. The second-order valence-electron chi connectivity index (χ2n) is 4.38. The molecule has 0 saturated heterocycles. The first-order chi connectivity index (χ1) is 5.37. The predicted molar refractivity (Wildman–Crippen MR) is 50.5 cm³/mol. The van der Waals surface area contributed by atoms with E-state index in [1.54, 1.807) is 0 Å². The van der Waals surface area contributed by atoms with Crippen LogP contribution < -0.4 is 0 Å². The molecule has 0 spiro atoms. The Balaban J connectivity index is 3.07. The van der Waals surface area contributed by atoms with E-state index in [2.05, 4.69) is 13.8 Å². The van der Waals surface area contributed by atoms with Gasteiger partial charge in [-0.25, -0.2) is 4.39 Å². The van der Waals surface area contributed by atoms with Gasteiger partial charge in [-0.15, -0.1) is 0 Å². The highest BCUT2D eigenvalue weighted by atomic mass is 19.1. The van der Waals surface area contributed by atoms with Crippen molar-refractivity contribution in [3.05, 3.63) is 23.0 Å². The molecule has 0 N–H and O–H groups in total. The van der Waals surface area contributed by atoms with Crippen LogP contribution in [0.3, 0.4) is 0 Å². The SMILES string of the molecule is CC1=C(F)C(C)(C)C(C(C)C)=C1. The fourth-order valence-corrected chi connectivity index (χ4v) is 1.99. The van der Waals surface area contributed by atoms with Crippen LogP contribution >= 0.6 is 0 Å². The molecule has 68 valence electrons. The van der Waals surface area contributed by atoms with Crippen molar-refractivity contribution in [3.63, 3.8) is 0 Å². The van der Waals surface area contributed by atoms with E-state index >= 15 is 0 Å². The minimum atomic E-state index is -0.363. The molecular weight excluding hydrogens is 151 g/mol. The molecule has 12 heavy (non-hydrogen) atoms. The third-order valence-electron chi connectivity index (χ3n) is 2.61. The van der Waals surface area contributed by atoms with Crippen LogP contribution in [0.1, 0.15) is 34.6 Å². The van der Waals surface area contributed by atoms with Crippen molar-refractivity contribution in [1.29, 1.82) is 0 Å². The van der Waals surface area contributed by atoms with Crippen LogP contribution in [0.4, 0.5) is 4.39 Å². The standard InChI is InChI=1S/C11H17F/c1-7(2)9-6-8(3)10(12)11(9,4)5/h6-7H,1-5H3. The van der Waals surface area contributed by atoms with Crippen LogP contribution in [0.5, 0.6) is 0 Å². The highest BCUT2D eigenvalue weighted by Gasteiger charge is 2.35. The number of rotatable bonds is 1. The smallest absolute Gasteiger partial charge is 0.112 e. The van der Waals surface area contributed by atoms with Crippen molar-refractivity contribution in [2.24, 2.45) is 11.3 Å². The minimum Gasteiger partial charge on any atom is -0.211 e. The second kappa shape index (κ2) is 2.72. The lowest BCUT2D eigenvalue weighted by Crippen LogP contribution is -2.16. The maximum atomic E-state index is 13.5. The maximum Gasteiger partial charge on any atom is 0.112 e. The Labute approximate surface area is 74.2 Å². The molecule has 0 aromatic rings. The van der Waals surface area contributed by atoms with Gasteiger partial charge in [0.05, 0.1) is 0 Å². The molecule has 0 radical (unpaired) electrons. The van der Waals surface area contributed by atoms with Crippen LogP contribution in [0.2, 0.25) is 0 Å². The molecule has 1 heteroatoms. The third kappa shape index (κ3) is 1.21. The van der Waals surface area contributed by atoms with Gasteiger partial charge in [0, 0.05) is 5.41 Å². The molecule has 0 aliphatic heterocycles. The summed E-state index contributed by atoms with van der Waals surface area (Å²) in [4.78, 5) is 0. The lowest BCUT2D eigenvalue weighted by Gasteiger charge is -2.25. The summed E-state index contributed by atoms with van der Waals surface area (Å²) in [6.07, 6.45) is 1.99. The molecule has 0 aromatic heterocycles. The van der Waals surface area contributed by atoms with Crippen LogP contribution in [0, 0.1) is 11.3 Å². The second-order valence-corrected chi connectivity index (χ2v) is 4.38. The Kier molecular flexibility index (Phi) is 2.15. The van der Waals surface area contributed by atoms with E-state index < -0.39 is 0 Å². The largest absolute Gasteiger partial charge is 0.211 e. The van der Waals surface area contributed by atoms with Gasteiger partial charge < -0.3 is 0 Å². The molecule has 0 nitrogen and oxygen atoms in total. The van der Waals surface area contributed by atoms with Crippen molar-refractivity contribution < 1.29 is 4.39 Å². The maximum absolute atomic E-state index is 13.5. The third-order valence-corrected chi connectivity index (χ3v) is 2.61. The van der Waals surface area contributed by atoms with Crippen molar-refractivity contribution in [2.45, 2.75) is 34.6 Å². The predicted octanol–water partition coefficient (Wildman–Crippen LogP) is 3.85. The average Bonchev–Trinajstić information content (AvgIpc) is 2.13. The van der Waals surface area contributed by atoms with Crippen molar-refractivity contribution in [3.8, 4) is 0 Å². The highest BCUT2D eigenvalue weighted by molar-refractivity contribution is 5.42. The molecule has 1 rings (SSSR count). The van der Waals surface area contributed by atoms with E-state index in [1.165, 1.54) is 5.57 Å². The number of hydrogen-bond acceptors (Lipinski definition) is 0. The molecular formula is C11H17F. The van der Waals surface area contributed by atoms with E-state index in [-0.39, 0.29) is 11.2 Å². The summed E-state index contributed by atoms with van der Waals surface area (Å²) in [5.41, 5.74) is 1.64. The van der Waals surface area contributed by atoms with Gasteiger partial charge in [0.2, 0.25) is 0 Å². The van der Waals surface area contributed by atoms with Gasteiger partial charge in [-0.1, -0.05) is 25.5 Å². The molecule has 0 bridgehead atoms. The van der Waals surface area contributed by atoms with Crippen molar-refractivity contribution in [1.82, 2.24) is 0 Å². The van der Waals surface area contributed by atoms with Crippen LogP contribution in [-0.2, 0) is 0 Å². The molecule has 0 amide bonds. The summed E-state index contributed by atoms with van der Waals surface area (Å²) >= 11 is 0. The zero-order valence-corrected chi connectivity index (χ0v) is 8.53. The molecule has 0 fully saturated rings. The molecule has 0 aromatic carbocycles. The summed E-state index contributed by atoms with van der Waals surface area (Å²) in [5, 5.41) is 0. The molecule has 1 aliphatic carbocycles.